The first-order valence-electron chi connectivity index (χ1n) is 9.16. The van der Waals surface area contributed by atoms with Gasteiger partial charge in [-0.15, -0.1) is 0 Å². The lowest BCUT2D eigenvalue weighted by atomic mass is 9.92. The number of benzene rings is 2. The first-order chi connectivity index (χ1) is 13.7. The number of likely N-dealkylation sites (tertiary alicyclic amines) is 1. The second kappa shape index (κ2) is 8.42. The molecule has 0 unspecified atom stereocenters. The Kier molecular flexibility index (Phi) is 6.14. The zero-order valence-corrected chi connectivity index (χ0v) is 17.4. The summed E-state index contributed by atoms with van der Waals surface area (Å²) in [6.45, 7) is 2.13. The Labute approximate surface area is 174 Å². The summed E-state index contributed by atoms with van der Waals surface area (Å²) >= 11 is 5.90. The lowest BCUT2D eigenvalue weighted by Crippen LogP contribution is -2.48. The van der Waals surface area contributed by atoms with Crippen molar-refractivity contribution < 1.29 is 18.0 Å². The molecule has 3 N–H and O–H groups in total. The van der Waals surface area contributed by atoms with Crippen molar-refractivity contribution >= 4 is 39.1 Å². The van der Waals surface area contributed by atoms with E-state index in [2.05, 4.69) is 4.72 Å². The predicted octanol–water partition coefficient (Wildman–Crippen LogP) is 2.87. The molecular formula is C20H22ClN3O4S. The molecule has 0 aromatic heterocycles. The van der Waals surface area contributed by atoms with Crippen LogP contribution < -0.4 is 10.5 Å². The molecule has 2 aromatic carbocycles. The molecular weight excluding hydrogens is 414 g/mol. The molecule has 0 bridgehead atoms. The van der Waals surface area contributed by atoms with Gasteiger partial charge in [-0.1, -0.05) is 23.7 Å². The molecule has 0 spiro atoms. The van der Waals surface area contributed by atoms with Crippen LogP contribution in [-0.2, 0) is 14.8 Å². The highest BCUT2D eigenvalue weighted by Gasteiger charge is 2.32. The quantitative estimate of drug-likeness (QED) is 0.752. The van der Waals surface area contributed by atoms with Gasteiger partial charge >= 0.3 is 0 Å². The topological polar surface area (TPSA) is 110 Å². The van der Waals surface area contributed by atoms with Crippen molar-refractivity contribution in [1.29, 1.82) is 0 Å². The molecule has 1 fully saturated rings. The zero-order chi connectivity index (χ0) is 21.2. The van der Waals surface area contributed by atoms with E-state index in [-0.39, 0.29) is 29.0 Å². The van der Waals surface area contributed by atoms with Crippen molar-refractivity contribution in [1.82, 2.24) is 4.90 Å². The summed E-state index contributed by atoms with van der Waals surface area (Å²) in [7, 11) is -3.91. The van der Waals surface area contributed by atoms with Crippen LogP contribution in [0, 0.1) is 5.92 Å². The van der Waals surface area contributed by atoms with Gasteiger partial charge in [-0.05, 0) is 56.2 Å². The van der Waals surface area contributed by atoms with Gasteiger partial charge in [0.2, 0.25) is 5.91 Å². The number of nitrogens with two attached hydrogens (primary N) is 1. The maximum absolute atomic E-state index is 13.0. The minimum atomic E-state index is -3.91. The number of primary amides is 1. The van der Waals surface area contributed by atoms with Gasteiger partial charge in [0, 0.05) is 23.2 Å². The van der Waals surface area contributed by atoms with Gasteiger partial charge in [0.25, 0.3) is 15.9 Å². The van der Waals surface area contributed by atoms with Crippen molar-refractivity contribution in [2.24, 2.45) is 11.7 Å². The van der Waals surface area contributed by atoms with Gasteiger partial charge in [0.1, 0.15) is 0 Å². The summed E-state index contributed by atoms with van der Waals surface area (Å²) in [6.07, 6.45) is 1.30. The molecule has 2 amide bonds. The van der Waals surface area contributed by atoms with Crippen molar-refractivity contribution in [3.63, 3.8) is 0 Å². The molecule has 2 atom stereocenters. The van der Waals surface area contributed by atoms with Crippen molar-refractivity contribution in [3.8, 4) is 0 Å². The number of carbonyl (C=O) groups excluding carboxylic acids is 2. The molecule has 0 radical (unpaired) electrons. The minimum absolute atomic E-state index is 0.0422. The molecule has 2 aromatic rings. The van der Waals surface area contributed by atoms with Crippen molar-refractivity contribution in [3.05, 3.63) is 59.1 Å². The van der Waals surface area contributed by atoms with E-state index in [4.69, 9.17) is 17.3 Å². The van der Waals surface area contributed by atoms with E-state index < -0.39 is 21.8 Å². The number of sulfonamides is 1. The molecule has 0 saturated carbocycles. The molecule has 1 aliphatic rings. The van der Waals surface area contributed by atoms with Gasteiger partial charge in [0.05, 0.1) is 16.5 Å². The largest absolute Gasteiger partial charge is 0.369 e. The lowest BCUT2D eigenvalue weighted by molar-refractivity contribution is -0.123. The van der Waals surface area contributed by atoms with Crippen LogP contribution in [0.2, 0.25) is 5.02 Å². The van der Waals surface area contributed by atoms with Crippen LogP contribution in [-0.4, -0.2) is 37.7 Å². The highest BCUT2D eigenvalue weighted by Crippen LogP contribution is 2.25. The van der Waals surface area contributed by atoms with Crippen LogP contribution in [0.25, 0.3) is 0 Å². The van der Waals surface area contributed by atoms with Crippen LogP contribution in [0.15, 0.2) is 53.4 Å². The van der Waals surface area contributed by atoms with Crippen LogP contribution in [0.3, 0.4) is 0 Å². The number of hydrogen-bond acceptors (Lipinski definition) is 4. The van der Waals surface area contributed by atoms with E-state index in [0.29, 0.717) is 23.6 Å². The van der Waals surface area contributed by atoms with E-state index >= 15 is 0 Å². The maximum atomic E-state index is 13.0. The summed E-state index contributed by atoms with van der Waals surface area (Å²) in [5.41, 5.74) is 5.96. The highest BCUT2D eigenvalue weighted by atomic mass is 35.5. The number of amides is 2. The summed E-state index contributed by atoms with van der Waals surface area (Å²) in [5.74, 6) is -1.16. The first-order valence-corrected chi connectivity index (χ1v) is 11.0. The Morgan fingerprint density at radius 2 is 1.86 bits per heavy atom. The normalized spacial score (nSPS) is 19.6. The third-order valence-corrected chi connectivity index (χ3v) is 6.63. The second-order valence-electron chi connectivity index (χ2n) is 7.13. The molecule has 0 aliphatic carbocycles. The number of piperidine rings is 1. The molecule has 3 rings (SSSR count). The number of rotatable bonds is 5. The van der Waals surface area contributed by atoms with Crippen LogP contribution in [0.1, 0.15) is 30.1 Å². The van der Waals surface area contributed by atoms with E-state index in [1.807, 2.05) is 6.92 Å². The van der Waals surface area contributed by atoms with E-state index in [1.54, 1.807) is 29.2 Å². The first kappa shape index (κ1) is 21.1. The molecule has 1 heterocycles. The minimum Gasteiger partial charge on any atom is -0.369 e. The smallest absolute Gasteiger partial charge is 0.261 e. The zero-order valence-electron chi connectivity index (χ0n) is 15.8. The second-order valence-corrected chi connectivity index (χ2v) is 9.25. The number of nitrogens with zero attached hydrogens (tertiary/aromatic N) is 1. The molecule has 9 heteroatoms. The van der Waals surface area contributed by atoms with E-state index in [9.17, 15) is 18.0 Å². The third-order valence-electron chi connectivity index (χ3n) is 5.01. The maximum Gasteiger partial charge on any atom is 0.261 e. The van der Waals surface area contributed by atoms with Crippen molar-refractivity contribution in [2.45, 2.75) is 30.7 Å². The van der Waals surface area contributed by atoms with Crippen molar-refractivity contribution in [2.75, 3.05) is 11.3 Å². The summed E-state index contributed by atoms with van der Waals surface area (Å²) in [4.78, 5) is 26.1. The number of anilines is 1. The number of nitrogens with one attached hydrogen (secondary N) is 1. The Bertz CT molecular complexity index is 1040. The van der Waals surface area contributed by atoms with E-state index in [1.165, 1.54) is 24.3 Å². The van der Waals surface area contributed by atoms with Gasteiger partial charge in [-0.2, -0.15) is 0 Å². The molecule has 29 heavy (non-hydrogen) atoms. The average Bonchev–Trinajstić information content (AvgIpc) is 2.67. The van der Waals surface area contributed by atoms with Gasteiger partial charge in [-0.3, -0.25) is 14.3 Å². The third kappa shape index (κ3) is 4.89. The van der Waals surface area contributed by atoms with Crippen LogP contribution in [0.4, 0.5) is 5.69 Å². The van der Waals surface area contributed by atoms with E-state index in [0.717, 1.165) is 0 Å². The standard InChI is InChI=1S/C20H22ClN3O4S/c1-13-8-9-15(19(22)25)12-24(13)20(26)14-4-2-7-18(10-14)29(27,28)23-17-6-3-5-16(21)11-17/h2-7,10-11,13,15,23H,8-9,12H2,1H3,(H2,22,25)/t13-,15-/m1/s1. The van der Waals surface area contributed by atoms with Gasteiger partial charge in [0.15, 0.2) is 0 Å². The SMILES string of the molecule is C[C@@H]1CC[C@@H](C(N)=O)CN1C(=O)c1cccc(S(=O)(=O)Nc2cccc(Cl)c2)c1. The Morgan fingerprint density at radius 1 is 1.14 bits per heavy atom. The Morgan fingerprint density at radius 3 is 2.55 bits per heavy atom. The molecule has 154 valence electrons. The molecule has 1 aliphatic heterocycles. The molecule has 1 saturated heterocycles. The number of carbonyl (C=O) groups is 2. The molecule has 7 nitrogen and oxygen atoms in total. The fourth-order valence-corrected chi connectivity index (χ4v) is 4.64. The van der Waals surface area contributed by atoms with Crippen LogP contribution >= 0.6 is 11.6 Å². The number of halogens is 1. The Hall–Kier alpha value is -2.58. The predicted molar refractivity (Wildman–Crippen MR) is 111 cm³/mol. The number of hydrogen-bond donors (Lipinski definition) is 2. The average molecular weight is 436 g/mol. The van der Waals surface area contributed by atoms with Gasteiger partial charge < -0.3 is 10.6 Å². The van der Waals surface area contributed by atoms with Crippen LogP contribution in [0.5, 0.6) is 0 Å². The monoisotopic (exact) mass is 435 g/mol. The van der Waals surface area contributed by atoms with Gasteiger partial charge in [-0.25, -0.2) is 8.42 Å². The summed E-state index contributed by atoms with van der Waals surface area (Å²) in [5, 5.41) is 0.400. The highest BCUT2D eigenvalue weighted by molar-refractivity contribution is 7.92. The fraction of sp³-hybridized carbons (Fsp3) is 0.300. The summed E-state index contributed by atoms with van der Waals surface area (Å²) in [6, 6.07) is 12.1. The summed E-state index contributed by atoms with van der Waals surface area (Å²) < 4.78 is 27.9. The lowest BCUT2D eigenvalue weighted by Gasteiger charge is -2.37. The fourth-order valence-electron chi connectivity index (χ4n) is 3.35. The Balaban J connectivity index is 1.84.